The van der Waals surface area contributed by atoms with E-state index in [2.05, 4.69) is 31.3 Å². The van der Waals surface area contributed by atoms with Crippen molar-refractivity contribution in [3.05, 3.63) is 38.5 Å². The second-order valence-electron chi connectivity index (χ2n) is 3.88. The number of nitrogens with one attached hydrogen (secondary N) is 1. The van der Waals surface area contributed by atoms with E-state index in [1.165, 1.54) is 16.7 Å². The van der Waals surface area contributed by atoms with Crippen LogP contribution in [0.4, 0.5) is 4.39 Å². The topological polar surface area (TPSA) is 109 Å². The van der Waals surface area contributed by atoms with Crippen LogP contribution in [0.2, 0.25) is 0 Å². The Morgan fingerprint density at radius 3 is 3.00 bits per heavy atom. The average Bonchev–Trinajstić information content (AvgIpc) is 2.83. The zero-order chi connectivity index (χ0) is 15.6. The molecule has 1 heterocycles. The lowest BCUT2D eigenvalue weighted by Gasteiger charge is -2.08. The van der Waals surface area contributed by atoms with Crippen molar-refractivity contribution in [1.29, 1.82) is 0 Å². The van der Waals surface area contributed by atoms with Gasteiger partial charge in [0.2, 0.25) is 0 Å². The smallest absolute Gasteiger partial charge is 0.343 e. The number of aromatic nitrogens is 3. The Morgan fingerprint density at radius 1 is 1.67 bits per heavy atom. The minimum atomic E-state index is -0.581. The second kappa shape index (κ2) is 6.31. The van der Waals surface area contributed by atoms with Crippen molar-refractivity contribution in [1.82, 2.24) is 14.8 Å². The number of benzene rings is 1. The Morgan fingerprint density at radius 2 is 2.38 bits per heavy atom. The predicted molar refractivity (Wildman–Crippen MR) is 79.3 cm³/mol. The molecular weight excluding hydrogens is 365 g/mol. The number of nitrogens with zero attached hydrogens (tertiary/aromatic N) is 3. The molecule has 0 radical (unpaired) electrons. The molecule has 1 aromatic carbocycles. The van der Waals surface area contributed by atoms with Crippen molar-refractivity contribution in [3.63, 3.8) is 0 Å². The number of H-pyrrole nitrogens is 1. The largest absolute Gasteiger partial charge is 0.409 e. The summed E-state index contributed by atoms with van der Waals surface area (Å²) in [4.78, 5) is 11.7. The van der Waals surface area contributed by atoms with Crippen molar-refractivity contribution in [3.8, 4) is 0 Å². The maximum absolute atomic E-state index is 14.3. The summed E-state index contributed by atoms with van der Waals surface area (Å²) in [5.41, 5.74) is 5.33. The first-order chi connectivity index (χ1) is 9.99. The van der Waals surface area contributed by atoms with Gasteiger partial charge in [-0.15, -0.1) is 5.10 Å². The maximum atomic E-state index is 14.3. The monoisotopic (exact) mass is 375 g/mol. The first kappa shape index (κ1) is 15.6. The summed E-state index contributed by atoms with van der Waals surface area (Å²) >= 11 is 4.07. The fourth-order valence-corrected chi connectivity index (χ4v) is 3.24. The van der Waals surface area contributed by atoms with Crippen LogP contribution in [0.25, 0.3) is 0 Å². The lowest BCUT2D eigenvalue weighted by Crippen LogP contribution is -2.16. The Bertz CT molecular complexity index is 758. The van der Waals surface area contributed by atoms with E-state index in [0.29, 0.717) is 11.7 Å². The number of amidine groups is 1. The summed E-state index contributed by atoms with van der Waals surface area (Å²) in [5.74, 6) is -0.787. The number of rotatable bonds is 4. The summed E-state index contributed by atoms with van der Waals surface area (Å²) in [6, 6.07) is 2.98. The fraction of sp³-hybridized carbons (Fsp3) is 0.182. The molecule has 2 aromatic rings. The third-order valence-electron chi connectivity index (χ3n) is 2.67. The fourth-order valence-electron chi connectivity index (χ4n) is 1.62. The van der Waals surface area contributed by atoms with E-state index in [9.17, 15) is 9.18 Å². The van der Waals surface area contributed by atoms with Crippen LogP contribution in [0.3, 0.4) is 0 Å². The van der Waals surface area contributed by atoms with Crippen LogP contribution < -0.4 is 11.4 Å². The van der Waals surface area contributed by atoms with Gasteiger partial charge < -0.3 is 10.9 Å². The number of hydrogen-bond acceptors (Lipinski definition) is 5. The van der Waals surface area contributed by atoms with Crippen molar-refractivity contribution < 1.29 is 9.60 Å². The SMILES string of the molecule is CCn1c(Sc2ccc(/C(N)=N/O)c(Br)c2F)n[nH]c1=O. The molecule has 0 unspecified atom stereocenters. The second-order valence-corrected chi connectivity index (χ2v) is 5.68. The maximum Gasteiger partial charge on any atom is 0.343 e. The van der Waals surface area contributed by atoms with Crippen LogP contribution in [0.5, 0.6) is 0 Å². The first-order valence-corrected chi connectivity index (χ1v) is 7.39. The molecule has 2 rings (SSSR count). The normalized spacial score (nSPS) is 11.9. The van der Waals surface area contributed by atoms with Gasteiger partial charge in [-0.1, -0.05) is 5.16 Å². The zero-order valence-electron chi connectivity index (χ0n) is 10.8. The van der Waals surface area contributed by atoms with Gasteiger partial charge in [0.25, 0.3) is 0 Å². The molecule has 4 N–H and O–H groups in total. The molecule has 0 saturated carbocycles. The number of oxime groups is 1. The van der Waals surface area contributed by atoms with Crippen molar-refractivity contribution in [2.45, 2.75) is 23.5 Å². The highest BCUT2D eigenvalue weighted by Gasteiger charge is 2.17. The van der Waals surface area contributed by atoms with E-state index in [1.807, 2.05) is 0 Å². The average molecular weight is 376 g/mol. The molecule has 21 heavy (non-hydrogen) atoms. The molecule has 0 bridgehead atoms. The third kappa shape index (κ3) is 2.95. The lowest BCUT2D eigenvalue weighted by atomic mass is 10.2. The van der Waals surface area contributed by atoms with Gasteiger partial charge in [0.15, 0.2) is 16.8 Å². The Kier molecular flexibility index (Phi) is 4.68. The molecule has 0 atom stereocenters. The number of hydrogen-bond donors (Lipinski definition) is 3. The number of nitrogens with two attached hydrogens (primary N) is 1. The highest BCUT2D eigenvalue weighted by atomic mass is 79.9. The summed E-state index contributed by atoms with van der Waals surface area (Å²) in [5, 5.41) is 18.0. The molecule has 0 saturated heterocycles. The van der Waals surface area contributed by atoms with E-state index in [1.54, 1.807) is 6.92 Å². The molecule has 0 aliphatic heterocycles. The minimum absolute atomic E-state index is 0.0729. The molecule has 0 spiro atoms. The predicted octanol–water partition coefficient (Wildman–Crippen LogP) is 1.74. The third-order valence-corrected chi connectivity index (χ3v) is 4.48. The van der Waals surface area contributed by atoms with Gasteiger partial charge >= 0.3 is 5.69 Å². The minimum Gasteiger partial charge on any atom is -0.409 e. The molecule has 10 heteroatoms. The Balaban J connectivity index is 2.42. The first-order valence-electron chi connectivity index (χ1n) is 5.78. The number of aromatic amines is 1. The lowest BCUT2D eigenvalue weighted by molar-refractivity contribution is 0.318. The molecule has 0 aliphatic rings. The van der Waals surface area contributed by atoms with E-state index in [4.69, 9.17) is 10.9 Å². The van der Waals surface area contributed by atoms with Crippen molar-refractivity contribution >= 4 is 33.5 Å². The molecule has 1 aromatic heterocycles. The van der Waals surface area contributed by atoms with Gasteiger partial charge in [-0.25, -0.2) is 14.3 Å². The van der Waals surface area contributed by atoms with Gasteiger partial charge in [0.1, 0.15) is 0 Å². The van der Waals surface area contributed by atoms with E-state index in [-0.39, 0.29) is 26.5 Å². The molecule has 112 valence electrons. The van der Waals surface area contributed by atoms with Crippen molar-refractivity contribution in [2.75, 3.05) is 0 Å². The van der Waals surface area contributed by atoms with E-state index in [0.717, 1.165) is 11.8 Å². The zero-order valence-corrected chi connectivity index (χ0v) is 13.2. The summed E-state index contributed by atoms with van der Waals surface area (Å²) < 4.78 is 15.8. The van der Waals surface area contributed by atoms with Crippen LogP contribution in [0.15, 0.2) is 36.6 Å². The quantitative estimate of drug-likeness (QED) is 0.326. The molecule has 7 nitrogen and oxygen atoms in total. The van der Waals surface area contributed by atoms with Gasteiger partial charge in [-0.3, -0.25) is 4.57 Å². The summed E-state index contributed by atoms with van der Waals surface area (Å²) in [6.45, 7) is 2.21. The standard InChI is InChI=1S/C11H11BrFN5O2S/c1-2-18-10(19)15-16-11(18)21-6-4-3-5(9(14)17-20)7(12)8(6)13/h3-4,20H,2H2,1H3,(H2,14,17)(H,15,19). The van der Waals surface area contributed by atoms with Gasteiger partial charge in [-0.05, 0) is 46.7 Å². The summed E-state index contributed by atoms with van der Waals surface area (Å²) in [7, 11) is 0. The highest BCUT2D eigenvalue weighted by molar-refractivity contribution is 9.10. The van der Waals surface area contributed by atoms with Gasteiger partial charge in [-0.2, -0.15) is 0 Å². The molecule has 0 amide bonds. The van der Waals surface area contributed by atoms with Gasteiger partial charge in [0.05, 0.1) is 9.37 Å². The van der Waals surface area contributed by atoms with Crippen LogP contribution in [0.1, 0.15) is 12.5 Å². The Labute approximate surface area is 131 Å². The van der Waals surface area contributed by atoms with Crippen molar-refractivity contribution in [2.24, 2.45) is 10.9 Å². The van der Waals surface area contributed by atoms with Crippen LogP contribution >= 0.6 is 27.7 Å². The summed E-state index contributed by atoms with van der Waals surface area (Å²) in [6.07, 6.45) is 0. The highest BCUT2D eigenvalue weighted by Crippen LogP contribution is 2.33. The van der Waals surface area contributed by atoms with E-state index < -0.39 is 5.82 Å². The Hall–Kier alpha value is -1.81. The molecule has 0 fully saturated rings. The molecular formula is C11H11BrFN5O2S. The van der Waals surface area contributed by atoms with Gasteiger partial charge in [0, 0.05) is 12.1 Å². The van der Waals surface area contributed by atoms with Crippen LogP contribution in [-0.4, -0.2) is 25.8 Å². The molecule has 0 aliphatic carbocycles. The number of halogens is 2. The van der Waals surface area contributed by atoms with Crippen LogP contribution in [0, 0.1) is 5.82 Å². The van der Waals surface area contributed by atoms with E-state index >= 15 is 0 Å². The van der Waals surface area contributed by atoms with Crippen LogP contribution in [-0.2, 0) is 6.54 Å².